The molecule has 7 heteroatoms. The lowest BCUT2D eigenvalue weighted by Gasteiger charge is -2.01. The zero-order chi connectivity index (χ0) is 11.3. The van der Waals surface area contributed by atoms with Crippen LogP contribution in [0.25, 0.3) is 0 Å². The average molecular weight is 247 g/mol. The summed E-state index contributed by atoms with van der Waals surface area (Å²) in [6.07, 6.45) is 0. The van der Waals surface area contributed by atoms with E-state index < -0.39 is 6.03 Å². The molecule has 0 fully saturated rings. The van der Waals surface area contributed by atoms with Gasteiger partial charge in [-0.1, -0.05) is 11.6 Å². The lowest BCUT2D eigenvalue weighted by molar-refractivity contribution is 0.250. The summed E-state index contributed by atoms with van der Waals surface area (Å²) in [6, 6.07) is 6.00. The molecule has 0 bridgehead atoms. The Bertz CT molecular complexity index is 377. The number of benzene rings is 1. The molecule has 2 amide bonds. The van der Waals surface area contributed by atoms with Crippen LogP contribution in [0, 0.1) is 0 Å². The van der Waals surface area contributed by atoms with Gasteiger partial charge in [0.15, 0.2) is 0 Å². The maximum atomic E-state index is 10.7. The average Bonchev–Trinajstić information content (AvgIpc) is 2.21. The van der Waals surface area contributed by atoms with Crippen molar-refractivity contribution in [3.05, 3.63) is 29.3 Å². The van der Waals surface area contributed by atoms with Crippen molar-refractivity contribution in [2.45, 2.75) is 0 Å². The van der Waals surface area contributed by atoms with Gasteiger partial charge in [-0.15, -0.1) is 0 Å². The van der Waals surface area contributed by atoms with E-state index in [0.717, 1.165) is 0 Å². The first kappa shape index (κ1) is 11.6. The number of nitrogens with one attached hydrogen (secondary N) is 2. The second kappa shape index (κ2) is 5.43. The van der Waals surface area contributed by atoms with Crippen molar-refractivity contribution in [1.82, 2.24) is 10.2 Å². The third-order valence-electron chi connectivity index (χ3n) is 1.40. The van der Waals surface area contributed by atoms with Gasteiger partial charge < -0.3 is 5.73 Å². The Kier molecular flexibility index (Phi) is 4.20. The molecule has 5 nitrogen and oxygen atoms in total. The van der Waals surface area contributed by atoms with Gasteiger partial charge >= 0.3 is 6.03 Å². The summed E-state index contributed by atoms with van der Waals surface area (Å²) in [5.41, 5.74) is 5.98. The molecule has 0 atom stereocenters. The number of amides is 2. The maximum absolute atomic E-state index is 10.7. The Labute approximate surface area is 96.4 Å². The number of nitrogens with two attached hydrogens (primary N) is 1. The third kappa shape index (κ3) is 4.05. The Hall–Kier alpha value is -1.46. The fourth-order valence-electron chi connectivity index (χ4n) is 0.823. The highest BCUT2D eigenvalue weighted by Gasteiger charge is 1.99. The topological polar surface area (TPSA) is 79.5 Å². The zero-order valence-electron chi connectivity index (χ0n) is 7.50. The molecule has 1 rings (SSSR count). The van der Waals surface area contributed by atoms with E-state index >= 15 is 0 Å². The minimum atomic E-state index is -0.646. The molecule has 0 aliphatic carbocycles. The van der Waals surface area contributed by atoms with E-state index in [4.69, 9.17) is 29.1 Å². The number of aliphatic imine (C=N–C) groups is 1. The molecular weight excluding hydrogens is 239 g/mol. The van der Waals surface area contributed by atoms with Crippen molar-refractivity contribution in [3.8, 4) is 0 Å². The molecule has 0 radical (unpaired) electrons. The highest BCUT2D eigenvalue weighted by atomic mass is 35.5. The molecule has 0 saturated heterocycles. The Morgan fingerprint density at radius 1 is 1.33 bits per heavy atom. The van der Waals surface area contributed by atoms with Gasteiger partial charge in [0.25, 0.3) is 0 Å². The number of urea groups is 1. The molecule has 0 aromatic heterocycles. The number of carbonyl (C=O) groups is 1. The van der Waals surface area contributed by atoms with Gasteiger partial charge in [0.2, 0.25) is 5.96 Å². The Morgan fingerprint density at radius 3 is 2.47 bits per heavy atom. The largest absolute Gasteiger partial charge is 0.369 e. The molecule has 0 heterocycles. The van der Waals surface area contributed by atoms with Crippen molar-refractivity contribution in [2.75, 3.05) is 0 Å². The first-order chi connectivity index (χ1) is 7.11. The molecule has 15 heavy (non-hydrogen) atoms. The Morgan fingerprint density at radius 2 is 1.93 bits per heavy atom. The standard InChI is InChI=1S/C8H8Cl2N4O/c9-5-1-3-6(4-2-5)12-7(11)13-8(15)14-10/h1-4H,(H4,11,12,13,14,15). The van der Waals surface area contributed by atoms with Crippen molar-refractivity contribution < 1.29 is 4.79 Å². The van der Waals surface area contributed by atoms with Crippen molar-refractivity contribution >= 4 is 41.1 Å². The number of halogens is 2. The van der Waals surface area contributed by atoms with E-state index in [1.165, 1.54) is 0 Å². The van der Waals surface area contributed by atoms with Crippen molar-refractivity contribution in [2.24, 2.45) is 10.7 Å². The summed E-state index contributed by atoms with van der Waals surface area (Å²) in [5, 5.41) is 2.80. The second-order valence-electron chi connectivity index (χ2n) is 2.52. The van der Waals surface area contributed by atoms with E-state index in [-0.39, 0.29) is 5.96 Å². The van der Waals surface area contributed by atoms with Crippen LogP contribution in [0.1, 0.15) is 0 Å². The number of nitrogens with zero attached hydrogens (tertiary/aromatic N) is 1. The smallest absolute Gasteiger partial charge is 0.336 e. The lowest BCUT2D eigenvalue weighted by Crippen LogP contribution is -2.40. The van der Waals surface area contributed by atoms with E-state index in [1.54, 1.807) is 24.3 Å². The van der Waals surface area contributed by atoms with Crippen LogP contribution in [0.5, 0.6) is 0 Å². The maximum Gasteiger partial charge on any atom is 0.336 e. The van der Waals surface area contributed by atoms with Crippen molar-refractivity contribution in [1.29, 1.82) is 0 Å². The quantitative estimate of drug-likeness (QED) is 0.401. The number of hydrogen-bond acceptors (Lipinski definition) is 2. The van der Waals surface area contributed by atoms with Crippen LogP contribution in [0.4, 0.5) is 10.5 Å². The summed E-state index contributed by atoms with van der Waals surface area (Å²) in [6.45, 7) is 0. The highest BCUT2D eigenvalue weighted by Crippen LogP contribution is 2.15. The molecule has 0 aliphatic rings. The first-order valence-electron chi connectivity index (χ1n) is 3.89. The molecular formula is C8H8Cl2N4O. The van der Waals surface area contributed by atoms with Crippen LogP contribution in [0.3, 0.4) is 0 Å². The van der Waals surface area contributed by atoms with Gasteiger partial charge in [-0.05, 0) is 24.3 Å². The summed E-state index contributed by atoms with van der Waals surface area (Å²) >= 11 is 10.7. The van der Waals surface area contributed by atoms with Crippen LogP contribution >= 0.6 is 23.4 Å². The molecule has 80 valence electrons. The highest BCUT2D eigenvalue weighted by molar-refractivity contribution is 6.30. The minimum absolute atomic E-state index is 0.0597. The van der Waals surface area contributed by atoms with Gasteiger partial charge in [-0.3, -0.25) is 5.32 Å². The van der Waals surface area contributed by atoms with Gasteiger partial charge in [-0.2, -0.15) is 0 Å². The predicted octanol–water partition coefficient (Wildman–Crippen LogP) is 1.74. The van der Waals surface area contributed by atoms with Crippen LogP contribution in [0.2, 0.25) is 5.02 Å². The van der Waals surface area contributed by atoms with Gasteiger partial charge in [0.1, 0.15) is 0 Å². The first-order valence-corrected chi connectivity index (χ1v) is 4.65. The number of rotatable bonds is 1. The van der Waals surface area contributed by atoms with Crippen LogP contribution in [-0.2, 0) is 0 Å². The van der Waals surface area contributed by atoms with E-state index in [9.17, 15) is 4.79 Å². The third-order valence-corrected chi connectivity index (χ3v) is 1.83. The number of guanidine groups is 1. The SMILES string of the molecule is NC(=Nc1ccc(Cl)cc1)NC(=O)NCl. The molecule has 0 aliphatic heterocycles. The van der Waals surface area contributed by atoms with Gasteiger partial charge in [0, 0.05) is 16.8 Å². The van der Waals surface area contributed by atoms with Gasteiger partial charge in [-0.25, -0.2) is 14.6 Å². The molecule has 1 aromatic carbocycles. The fourth-order valence-corrected chi connectivity index (χ4v) is 0.996. The van der Waals surface area contributed by atoms with Crippen molar-refractivity contribution in [3.63, 3.8) is 0 Å². The van der Waals surface area contributed by atoms with Crippen LogP contribution in [-0.4, -0.2) is 12.0 Å². The Balaban J connectivity index is 2.70. The van der Waals surface area contributed by atoms with E-state index in [0.29, 0.717) is 10.7 Å². The second-order valence-corrected chi connectivity index (χ2v) is 3.15. The van der Waals surface area contributed by atoms with Gasteiger partial charge in [0.05, 0.1) is 5.69 Å². The van der Waals surface area contributed by atoms with Crippen LogP contribution in [0.15, 0.2) is 29.3 Å². The lowest BCUT2D eigenvalue weighted by atomic mass is 10.3. The van der Waals surface area contributed by atoms with E-state index in [2.05, 4.69) is 10.3 Å². The minimum Gasteiger partial charge on any atom is -0.369 e. The van der Waals surface area contributed by atoms with E-state index in [1.807, 2.05) is 4.84 Å². The normalized spacial score (nSPS) is 10.9. The number of hydrogen-bond donors (Lipinski definition) is 3. The summed E-state index contributed by atoms with van der Waals surface area (Å²) < 4.78 is 0. The monoisotopic (exact) mass is 246 g/mol. The fraction of sp³-hybridized carbons (Fsp3) is 0. The molecule has 4 N–H and O–H groups in total. The number of carbonyl (C=O) groups excluding carboxylic acids is 1. The summed E-state index contributed by atoms with van der Waals surface area (Å²) in [7, 11) is 0. The predicted molar refractivity (Wildman–Crippen MR) is 60.3 cm³/mol. The molecule has 0 spiro atoms. The summed E-state index contributed by atoms with van der Waals surface area (Å²) in [5.74, 6) is -0.0597. The molecule has 1 aromatic rings. The van der Waals surface area contributed by atoms with Crippen LogP contribution < -0.4 is 15.9 Å². The molecule has 0 saturated carbocycles. The summed E-state index contributed by atoms with van der Waals surface area (Å²) in [4.78, 5) is 16.5. The zero-order valence-corrected chi connectivity index (χ0v) is 9.01. The molecule has 0 unspecified atom stereocenters.